The second-order valence-electron chi connectivity index (χ2n) is 4.34. The Kier molecular flexibility index (Phi) is 2.82. The zero-order chi connectivity index (χ0) is 9.10. The average molecular weight is 178 g/mol. The topological polar surface area (TPSA) is 17.1 Å². The van der Waals surface area contributed by atoms with E-state index in [9.17, 15) is 4.79 Å². The van der Waals surface area contributed by atoms with Crippen molar-refractivity contribution in [3.05, 3.63) is 12.2 Å². The summed E-state index contributed by atoms with van der Waals surface area (Å²) in [5, 5.41) is 0. The number of rotatable bonds is 1. The molecule has 0 bridgehead atoms. The summed E-state index contributed by atoms with van der Waals surface area (Å²) in [5.41, 5.74) is 0. The quantitative estimate of drug-likeness (QED) is 0.564. The molecular formula is C12H18O. The van der Waals surface area contributed by atoms with Crippen molar-refractivity contribution in [1.82, 2.24) is 0 Å². The highest BCUT2D eigenvalue weighted by atomic mass is 16.1. The first-order valence-corrected chi connectivity index (χ1v) is 5.57. The number of carbonyl (C=O) groups excluding carboxylic acids is 1. The van der Waals surface area contributed by atoms with Crippen LogP contribution in [0, 0.1) is 11.8 Å². The number of ketones is 1. The summed E-state index contributed by atoms with van der Waals surface area (Å²) in [6.45, 7) is 0. The maximum Gasteiger partial charge on any atom is 0.136 e. The van der Waals surface area contributed by atoms with Crippen molar-refractivity contribution < 1.29 is 4.79 Å². The van der Waals surface area contributed by atoms with Crippen LogP contribution in [-0.2, 0) is 4.79 Å². The molecule has 2 aliphatic rings. The van der Waals surface area contributed by atoms with E-state index in [1.54, 1.807) is 0 Å². The summed E-state index contributed by atoms with van der Waals surface area (Å²) in [6, 6.07) is 0. The largest absolute Gasteiger partial charge is 0.299 e. The van der Waals surface area contributed by atoms with E-state index in [1.807, 2.05) is 0 Å². The predicted molar refractivity (Wildman–Crippen MR) is 53.4 cm³/mol. The number of hydrogen-bond acceptors (Lipinski definition) is 1. The Bertz CT molecular complexity index is 217. The van der Waals surface area contributed by atoms with Crippen molar-refractivity contribution >= 4 is 5.78 Å². The minimum atomic E-state index is 0.380. The number of carbonyl (C=O) groups is 1. The molecular weight excluding hydrogens is 160 g/mol. The molecule has 0 unspecified atom stereocenters. The van der Waals surface area contributed by atoms with E-state index in [1.165, 1.54) is 25.7 Å². The van der Waals surface area contributed by atoms with Crippen LogP contribution in [0.1, 0.15) is 44.9 Å². The minimum Gasteiger partial charge on any atom is -0.299 e. The zero-order valence-corrected chi connectivity index (χ0v) is 8.17. The Morgan fingerprint density at radius 3 is 2.77 bits per heavy atom. The van der Waals surface area contributed by atoms with Gasteiger partial charge in [-0.25, -0.2) is 0 Å². The van der Waals surface area contributed by atoms with Gasteiger partial charge in [-0.2, -0.15) is 0 Å². The predicted octanol–water partition coefficient (Wildman–Crippen LogP) is 3.10. The number of allylic oxidation sites excluding steroid dienone is 2. The lowest BCUT2D eigenvalue weighted by Crippen LogP contribution is -2.26. The summed E-state index contributed by atoms with van der Waals surface area (Å²) in [6.07, 6.45) is 12.7. The SMILES string of the molecule is O=C1CCCC[C@H]1[C@@H]1C=CCCC1. The van der Waals surface area contributed by atoms with Crippen LogP contribution in [0.2, 0.25) is 0 Å². The molecule has 2 aliphatic carbocycles. The molecule has 0 aliphatic heterocycles. The van der Waals surface area contributed by atoms with Crippen molar-refractivity contribution in [3.8, 4) is 0 Å². The second-order valence-corrected chi connectivity index (χ2v) is 4.34. The third-order valence-electron chi connectivity index (χ3n) is 3.41. The van der Waals surface area contributed by atoms with Gasteiger partial charge in [-0.3, -0.25) is 4.79 Å². The fourth-order valence-electron chi connectivity index (χ4n) is 2.64. The molecule has 0 heterocycles. The molecule has 1 nitrogen and oxygen atoms in total. The monoisotopic (exact) mass is 178 g/mol. The van der Waals surface area contributed by atoms with Gasteiger partial charge in [0.25, 0.3) is 0 Å². The van der Waals surface area contributed by atoms with Crippen molar-refractivity contribution in [3.63, 3.8) is 0 Å². The van der Waals surface area contributed by atoms with Gasteiger partial charge in [0, 0.05) is 12.3 Å². The highest BCUT2D eigenvalue weighted by molar-refractivity contribution is 5.82. The summed E-state index contributed by atoms with van der Waals surface area (Å²) < 4.78 is 0. The van der Waals surface area contributed by atoms with E-state index in [0.717, 1.165) is 19.3 Å². The van der Waals surface area contributed by atoms with Gasteiger partial charge in [0.15, 0.2) is 0 Å². The molecule has 72 valence electrons. The maximum absolute atomic E-state index is 11.7. The maximum atomic E-state index is 11.7. The van der Waals surface area contributed by atoms with E-state index in [2.05, 4.69) is 12.2 Å². The standard InChI is InChI=1S/C12H18O/c13-12-9-5-4-8-11(12)10-6-2-1-3-7-10/h2,6,10-11H,1,3-5,7-9H2/t10-,11+/m1/s1. The van der Waals surface area contributed by atoms with Crippen LogP contribution in [-0.4, -0.2) is 5.78 Å². The van der Waals surface area contributed by atoms with Gasteiger partial charge in [-0.15, -0.1) is 0 Å². The summed E-state index contributed by atoms with van der Waals surface area (Å²) >= 11 is 0. The smallest absolute Gasteiger partial charge is 0.136 e. The Balaban J connectivity index is 2.00. The van der Waals surface area contributed by atoms with Crippen LogP contribution in [0.15, 0.2) is 12.2 Å². The van der Waals surface area contributed by atoms with Crippen molar-refractivity contribution in [2.24, 2.45) is 11.8 Å². The molecule has 0 radical (unpaired) electrons. The van der Waals surface area contributed by atoms with E-state index in [0.29, 0.717) is 17.6 Å². The van der Waals surface area contributed by atoms with Crippen molar-refractivity contribution in [1.29, 1.82) is 0 Å². The van der Waals surface area contributed by atoms with E-state index in [-0.39, 0.29) is 0 Å². The van der Waals surface area contributed by atoms with Crippen LogP contribution < -0.4 is 0 Å². The molecule has 1 heteroatoms. The molecule has 0 aromatic rings. The Hall–Kier alpha value is -0.590. The van der Waals surface area contributed by atoms with Crippen LogP contribution in [0.4, 0.5) is 0 Å². The molecule has 0 spiro atoms. The number of Topliss-reactive ketones (excluding diaryl/α,β-unsaturated/α-hetero) is 1. The lowest BCUT2D eigenvalue weighted by Gasteiger charge is -2.28. The molecule has 2 rings (SSSR count). The van der Waals surface area contributed by atoms with Crippen LogP contribution in [0.25, 0.3) is 0 Å². The number of hydrogen-bond donors (Lipinski definition) is 0. The Morgan fingerprint density at radius 1 is 1.15 bits per heavy atom. The van der Waals surface area contributed by atoms with Crippen molar-refractivity contribution in [2.45, 2.75) is 44.9 Å². The average Bonchev–Trinajstić information content (AvgIpc) is 2.20. The van der Waals surface area contributed by atoms with E-state index >= 15 is 0 Å². The van der Waals surface area contributed by atoms with Crippen LogP contribution in [0.5, 0.6) is 0 Å². The van der Waals surface area contributed by atoms with Gasteiger partial charge in [0.05, 0.1) is 0 Å². The highest BCUT2D eigenvalue weighted by Crippen LogP contribution is 2.33. The molecule has 0 amide bonds. The molecule has 1 fully saturated rings. The van der Waals surface area contributed by atoms with Crippen molar-refractivity contribution in [2.75, 3.05) is 0 Å². The van der Waals surface area contributed by atoms with Gasteiger partial charge in [-0.05, 0) is 38.0 Å². The zero-order valence-electron chi connectivity index (χ0n) is 8.17. The van der Waals surface area contributed by atoms with Crippen LogP contribution in [0.3, 0.4) is 0 Å². The van der Waals surface area contributed by atoms with Gasteiger partial charge in [0.2, 0.25) is 0 Å². The molecule has 0 aromatic carbocycles. The Morgan fingerprint density at radius 2 is 2.08 bits per heavy atom. The lowest BCUT2D eigenvalue weighted by molar-refractivity contribution is -0.125. The van der Waals surface area contributed by atoms with E-state index < -0.39 is 0 Å². The van der Waals surface area contributed by atoms with Crippen LogP contribution >= 0.6 is 0 Å². The molecule has 13 heavy (non-hydrogen) atoms. The fourth-order valence-corrected chi connectivity index (χ4v) is 2.64. The molecule has 1 saturated carbocycles. The van der Waals surface area contributed by atoms with Gasteiger partial charge >= 0.3 is 0 Å². The van der Waals surface area contributed by atoms with E-state index in [4.69, 9.17) is 0 Å². The first-order chi connectivity index (χ1) is 6.38. The van der Waals surface area contributed by atoms with Gasteiger partial charge in [0.1, 0.15) is 5.78 Å². The first-order valence-electron chi connectivity index (χ1n) is 5.57. The molecule has 0 N–H and O–H groups in total. The Labute approximate surface area is 80.2 Å². The first kappa shape index (κ1) is 8.98. The summed E-state index contributed by atoms with van der Waals surface area (Å²) in [5.74, 6) is 1.50. The summed E-state index contributed by atoms with van der Waals surface area (Å²) in [4.78, 5) is 11.7. The summed E-state index contributed by atoms with van der Waals surface area (Å²) in [7, 11) is 0. The highest BCUT2D eigenvalue weighted by Gasteiger charge is 2.28. The molecule has 0 saturated heterocycles. The normalized spacial score (nSPS) is 34.9. The molecule has 2 atom stereocenters. The third kappa shape index (κ3) is 2.01. The van der Waals surface area contributed by atoms with Gasteiger partial charge in [-0.1, -0.05) is 18.6 Å². The molecule has 0 aromatic heterocycles. The minimum absolute atomic E-state index is 0.380. The second kappa shape index (κ2) is 4.08. The fraction of sp³-hybridized carbons (Fsp3) is 0.750. The van der Waals surface area contributed by atoms with Gasteiger partial charge < -0.3 is 0 Å². The third-order valence-corrected chi connectivity index (χ3v) is 3.41. The lowest BCUT2D eigenvalue weighted by atomic mass is 9.75.